The zero-order valence-corrected chi connectivity index (χ0v) is 18.9. The predicted molar refractivity (Wildman–Crippen MR) is 124 cm³/mol. The number of methoxy groups -OCH3 is 1. The molecule has 1 aromatic heterocycles. The summed E-state index contributed by atoms with van der Waals surface area (Å²) in [6.07, 6.45) is 0.0206. The van der Waals surface area contributed by atoms with Crippen LogP contribution < -0.4 is 15.4 Å². The van der Waals surface area contributed by atoms with Crippen molar-refractivity contribution in [3.63, 3.8) is 0 Å². The maximum Gasteiger partial charge on any atom is 0.335 e. The summed E-state index contributed by atoms with van der Waals surface area (Å²) in [5.41, 5.74) is 1.09. The first-order valence-electron chi connectivity index (χ1n) is 10.0. The average Bonchev–Trinajstić information content (AvgIpc) is 3.19. The second-order valence-electron chi connectivity index (χ2n) is 6.82. The number of carbonyl (C=O) groups is 3. The van der Waals surface area contributed by atoms with Crippen LogP contribution in [0.4, 0.5) is 11.4 Å². The molecule has 33 heavy (non-hydrogen) atoms. The van der Waals surface area contributed by atoms with Crippen LogP contribution in [0.25, 0.3) is 0 Å². The van der Waals surface area contributed by atoms with Gasteiger partial charge < -0.3 is 25.0 Å². The fourth-order valence-electron chi connectivity index (χ4n) is 2.98. The van der Waals surface area contributed by atoms with Crippen molar-refractivity contribution in [3.05, 3.63) is 59.9 Å². The summed E-state index contributed by atoms with van der Waals surface area (Å²) in [5.74, 6) is -0.472. The lowest BCUT2D eigenvalue weighted by Crippen LogP contribution is -2.18. The number of nitrogens with one attached hydrogen (secondary N) is 2. The smallest absolute Gasteiger partial charge is 0.335 e. The number of aromatic carboxylic acids is 1. The molecule has 172 valence electrons. The van der Waals surface area contributed by atoms with E-state index in [9.17, 15) is 14.4 Å². The third-order valence-electron chi connectivity index (χ3n) is 4.51. The van der Waals surface area contributed by atoms with Crippen molar-refractivity contribution in [2.45, 2.75) is 25.0 Å². The van der Waals surface area contributed by atoms with Crippen molar-refractivity contribution >= 4 is 40.9 Å². The molecule has 0 spiro atoms. The Hall–Kier alpha value is -3.86. The highest BCUT2D eigenvalue weighted by Gasteiger charge is 2.16. The molecule has 3 aromatic rings. The Morgan fingerprint density at radius 3 is 2.42 bits per heavy atom. The molecule has 2 aromatic carbocycles. The summed E-state index contributed by atoms with van der Waals surface area (Å²) < 4.78 is 6.93. The number of rotatable bonds is 10. The molecule has 0 aliphatic carbocycles. The lowest BCUT2D eigenvalue weighted by molar-refractivity contribution is -0.116. The molecule has 0 atom stereocenters. The van der Waals surface area contributed by atoms with E-state index < -0.39 is 5.97 Å². The first-order valence-corrected chi connectivity index (χ1v) is 11.0. The number of benzene rings is 2. The van der Waals surface area contributed by atoms with Gasteiger partial charge in [-0.3, -0.25) is 9.59 Å². The van der Waals surface area contributed by atoms with Gasteiger partial charge in [-0.05, 0) is 37.3 Å². The zero-order chi connectivity index (χ0) is 23.8. The topological polar surface area (TPSA) is 135 Å². The molecular weight excluding hydrogens is 446 g/mol. The highest BCUT2D eigenvalue weighted by atomic mass is 32.2. The van der Waals surface area contributed by atoms with E-state index >= 15 is 0 Å². The van der Waals surface area contributed by atoms with E-state index in [-0.39, 0.29) is 29.6 Å². The Labute approximate surface area is 194 Å². The first kappa shape index (κ1) is 23.8. The third kappa shape index (κ3) is 6.56. The quantitative estimate of drug-likeness (QED) is 0.386. The Kier molecular flexibility index (Phi) is 8.03. The average molecular weight is 470 g/mol. The van der Waals surface area contributed by atoms with E-state index in [0.717, 1.165) is 0 Å². The number of anilines is 2. The van der Waals surface area contributed by atoms with Gasteiger partial charge in [0.05, 0.1) is 24.8 Å². The van der Waals surface area contributed by atoms with Crippen LogP contribution in [-0.4, -0.2) is 50.5 Å². The molecule has 0 unspecified atom stereocenters. The van der Waals surface area contributed by atoms with Crippen LogP contribution in [-0.2, 0) is 22.6 Å². The summed E-state index contributed by atoms with van der Waals surface area (Å²) in [5, 5.41) is 23.2. The molecule has 0 aliphatic rings. The van der Waals surface area contributed by atoms with E-state index in [1.807, 2.05) is 6.92 Å². The number of aromatic nitrogens is 3. The second-order valence-corrected chi connectivity index (χ2v) is 7.77. The molecule has 2 amide bonds. The molecule has 1 heterocycles. The van der Waals surface area contributed by atoms with Gasteiger partial charge in [0, 0.05) is 24.0 Å². The summed E-state index contributed by atoms with van der Waals surface area (Å²) in [6.45, 7) is 2.42. The summed E-state index contributed by atoms with van der Waals surface area (Å²) >= 11 is 1.18. The lowest BCUT2D eigenvalue weighted by atomic mass is 10.2. The SMILES string of the molecule is CCn1c(CC(=O)Nc2cccc(OC)c2)nnc1SCC(=O)Nc1cccc(C(=O)O)c1. The summed E-state index contributed by atoms with van der Waals surface area (Å²) in [7, 11) is 1.55. The van der Waals surface area contributed by atoms with Gasteiger partial charge in [-0.15, -0.1) is 10.2 Å². The molecule has 0 saturated heterocycles. The number of amides is 2. The number of ether oxygens (including phenoxy) is 1. The molecule has 0 fully saturated rings. The fourth-order valence-corrected chi connectivity index (χ4v) is 3.80. The fraction of sp³-hybridized carbons (Fsp3) is 0.227. The number of hydrogen-bond donors (Lipinski definition) is 3. The molecular formula is C22H23N5O5S. The standard InChI is InChI=1S/C22H23N5O5S/c1-3-27-18(12-19(28)23-16-8-5-9-17(11-16)32-2)25-26-22(27)33-13-20(29)24-15-7-4-6-14(10-15)21(30)31/h4-11H,3,12-13H2,1-2H3,(H,23,28)(H,24,29)(H,30,31). The number of carboxylic acids is 1. The Morgan fingerprint density at radius 1 is 1.03 bits per heavy atom. The van der Waals surface area contributed by atoms with Crippen LogP contribution in [0.3, 0.4) is 0 Å². The number of carboxylic acid groups (broad SMARTS) is 1. The van der Waals surface area contributed by atoms with E-state index in [2.05, 4.69) is 20.8 Å². The van der Waals surface area contributed by atoms with E-state index in [0.29, 0.717) is 34.6 Å². The van der Waals surface area contributed by atoms with Crippen LogP contribution in [0.1, 0.15) is 23.1 Å². The highest BCUT2D eigenvalue weighted by molar-refractivity contribution is 7.99. The van der Waals surface area contributed by atoms with Gasteiger partial charge in [-0.2, -0.15) is 0 Å². The molecule has 3 rings (SSSR count). The molecule has 0 saturated carbocycles. The molecule has 0 bridgehead atoms. The summed E-state index contributed by atoms with van der Waals surface area (Å²) in [6, 6.07) is 13.0. The van der Waals surface area contributed by atoms with Crippen LogP contribution >= 0.6 is 11.8 Å². The molecule has 3 N–H and O–H groups in total. The van der Waals surface area contributed by atoms with Crippen molar-refractivity contribution in [2.24, 2.45) is 0 Å². The minimum Gasteiger partial charge on any atom is -0.497 e. The van der Waals surface area contributed by atoms with Crippen LogP contribution in [0.15, 0.2) is 53.7 Å². The van der Waals surface area contributed by atoms with Gasteiger partial charge in [0.2, 0.25) is 11.8 Å². The summed E-state index contributed by atoms with van der Waals surface area (Å²) in [4.78, 5) is 35.8. The van der Waals surface area contributed by atoms with E-state index in [1.54, 1.807) is 48.1 Å². The number of hydrogen-bond acceptors (Lipinski definition) is 7. The number of nitrogens with zero attached hydrogens (tertiary/aromatic N) is 3. The zero-order valence-electron chi connectivity index (χ0n) is 18.1. The number of carbonyl (C=O) groups excluding carboxylic acids is 2. The van der Waals surface area contributed by atoms with Crippen LogP contribution in [0, 0.1) is 0 Å². The Balaban J connectivity index is 1.58. The van der Waals surface area contributed by atoms with Crippen molar-refractivity contribution in [3.8, 4) is 5.75 Å². The van der Waals surface area contributed by atoms with Crippen LogP contribution in [0.2, 0.25) is 0 Å². The number of thioether (sulfide) groups is 1. The van der Waals surface area contributed by atoms with E-state index in [1.165, 1.54) is 23.9 Å². The maximum atomic E-state index is 12.5. The molecule has 11 heteroatoms. The molecule has 10 nitrogen and oxygen atoms in total. The predicted octanol–water partition coefficient (Wildman–Crippen LogP) is 2.92. The van der Waals surface area contributed by atoms with Crippen molar-refractivity contribution in [2.75, 3.05) is 23.5 Å². The minimum atomic E-state index is -1.07. The minimum absolute atomic E-state index is 0.0206. The largest absolute Gasteiger partial charge is 0.497 e. The van der Waals surface area contributed by atoms with Crippen LogP contribution in [0.5, 0.6) is 5.75 Å². The lowest BCUT2D eigenvalue weighted by Gasteiger charge is -2.09. The monoisotopic (exact) mass is 469 g/mol. The van der Waals surface area contributed by atoms with Gasteiger partial charge in [0.15, 0.2) is 5.16 Å². The van der Waals surface area contributed by atoms with Gasteiger partial charge in [-0.1, -0.05) is 23.9 Å². The second kappa shape index (κ2) is 11.1. The van der Waals surface area contributed by atoms with Gasteiger partial charge in [-0.25, -0.2) is 4.79 Å². The van der Waals surface area contributed by atoms with Crippen molar-refractivity contribution in [1.82, 2.24) is 14.8 Å². The van der Waals surface area contributed by atoms with Gasteiger partial charge in [0.1, 0.15) is 11.6 Å². The Bertz CT molecular complexity index is 1160. The molecule has 0 aliphatic heterocycles. The third-order valence-corrected chi connectivity index (χ3v) is 5.47. The Morgan fingerprint density at radius 2 is 1.73 bits per heavy atom. The first-order chi connectivity index (χ1) is 15.9. The highest BCUT2D eigenvalue weighted by Crippen LogP contribution is 2.20. The maximum absolute atomic E-state index is 12.5. The normalized spacial score (nSPS) is 10.5. The van der Waals surface area contributed by atoms with Gasteiger partial charge in [0.25, 0.3) is 0 Å². The molecule has 0 radical (unpaired) electrons. The van der Waals surface area contributed by atoms with Crippen molar-refractivity contribution < 1.29 is 24.2 Å². The van der Waals surface area contributed by atoms with Crippen molar-refractivity contribution in [1.29, 1.82) is 0 Å². The van der Waals surface area contributed by atoms with E-state index in [4.69, 9.17) is 9.84 Å². The van der Waals surface area contributed by atoms with Gasteiger partial charge >= 0.3 is 5.97 Å².